The molecular formula is C10H16O. The van der Waals surface area contributed by atoms with Gasteiger partial charge in [-0.1, -0.05) is 25.8 Å². The van der Waals surface area contributed by atoms with Crippen LogP contribution in [0.25, 0.3) is 0 Å². The summed E-state index contributed by atoms with van der Waals surface area (Å²) in [6, 6.07) is 0. The second-order valence-electron chi connectivity index (χ2n) is 3.88. The lowest BCUT2D eigenvalue weighted by molar-refractivity contribution is 0.289. The molecule has 0 radical (unpaired) electrons. The highest BCUT2D eigenvalue weighted by Crippen LogP contribution is 2.50. The van der Waals surface area contributed by atoms with E-state index < -0.39 is 0 Å². The third-order valence-corrected chi connectivity index (χ3v) is 3.05. The second kappa shape index (κ2) is 2.34. The zero-order valence-electron chi connectivity index (χ0n) is 7.23. The molecule has 1 aliphatic heterocycles. The topological polar surface area (TPSA) is 12.5 Å². The van der Waals surface area contributed by atoms with Gasteiger partial charge in [0.25, 0.3) is 0 Å². The summed E-state index contributed by atoms with van der Waals surface area (Å²) >= 11 is 0. The van der Waals surface area contributed by atoms with Gasteiger partial charge >= 0.3 is 0 Å². The summed E-state index contributed by atoms with van der Waals surface area (Å²) in [5, 5.41) is 0. The van der Waals surface area contributed by atoms with Crippen molar-refractivity contribution in [2.75, 3.05) is 0 Å². The maximum Gasteiger partial charge on any atom is 0.115 e. The van der Waals surface area contributed by atoms with Crippen molar-refractivity contribution in [3.8, 4) is 0 Å². The van der Waals surface area contributed by atoms with Crippen LogP contribution in [0.15, 0.2) is 12.2 Å². The summed E-state index contributed by atoms with van der Waals surface area (Å²) < 4.78 is 5.71. The fraction of sp³-hybridized carbons (Fsp3) is 0.800. The highest BCUT2D eigenvalue weighted by atomic mass is 16.6. The van der Waals surface area contributed by atoms with Gasteiger partial charge in [0.15, 0.2) is 0 Å². The average molecular weight is 152 g/mol. The standard InChI is InChI=1S/C10H16O/c1-8(2)10-7-5-3-4-6-9(10)11-10/h9H,1,3-7H2,2H3. The largest absolute Gasteiger partial charge is 0.361 e. The summed E-state index contributed by atoms with van der Waals surface area (Å²) in [5.74, 6) is 0. The molecule has 2 rings (SSSR count). The summed E-state index contributed by atoms with van der Waals surface area (Å²) in [6.07, 6.45) is 7.06. The number of epoxide rings is 1. The first-order valence-electron chi connectivity index (χ1n) is 4.59. The minimum atomic E-state index is 0.135. The van der Waals surface area contributed by atoms with E-state index in [-0.39, 0.29) is 5.60 Å². The molecule has 11 heavy (non-hydrogen) atoms. The van der Waals surface area contributed by atoms with Gasteiger partial charge in [-0.25, -0.2) is 0 Å². The molecule has 2 aliphatic rings. The molecule has 0 aromatic rings. The maximum absolute atomic E-state index is 5.71. The minimum Gasteiger partial charge on any atom is -0.361 e. The Labute approximate surface area is 68.4 Å². The first kappa shape index (κ1) is 7.35. The molecule has 1 saturated carbocycles. The van der Waals surface area contributed by atoms with Gasteiger partial charge in [-0.05, 0) is 25.3 Å². The Morgan fingerprint density at radius 2 is 2.27 bits per heavy atom. The predicted octanol–water partition coefficient (Wildman–Crippen LogP) is 2.66. The Kier molecular flexibility index (Phi) is 1.57. The lowest BCUT2D eigenvalue weighted by Gasteiger charge is -2.09. The van der Waals surface area contributed by atoms with E-state index in [0.717, 1.165) is 0 Å². The van der Waals surface area contributed by atoms with E-state index in [1.165, 1.54) is 37.7 Å². The highest BCUT2D eigenvalue weighted by molar-refractivity contribution is 5.23. The normalized spacial score (nSPS) is 42.5. The van der Waals surface area contributed by atoms with Crippen molar-refractivity contribution in [3.05, 3.63) is 12.2 Å². The van der Waals surface area contributed by atoms with Gasteiger partial charge in [0.05, 0.1) is 6.10 Å². The van der Waals surface area contributed by atoms with E-state index in [0.29, 0.717) is 6.10 Å². The summed E-state index contributed by atoms with van der Waals surface area (Å²) in [4.78, 5) is 0. The average Bonchev–Trinajstić information content (AvgIpc) is 2.57. The molecule has 0 bridgehead atoms. The molecule has 1 aliphatic carbocycles. The van der Waals surface area contributed by atoms with Crippen molar-refractivity contribution in [1.82, 2.24) is 0 Å². The van der Waals surface area contributed by atoms with Gasteiger partial charge in [-0.2, -0.15) is 0 Å². The molecule has 1 saturated heterocycles. The lowest BCUT2D eigenvalue weighted by Crippen LogP contribution is -2.14. The summed E-state index contributed by atoms with van der Waals surface area (Å²) in [7, 11) is 0. The maximum atomic E-state index is 5.71. The molecular weight excluding hydrogens is 136 g/mol. The van der Waals surface area contributed by atoms with Crippen LogP contribution in [0.5, 0.6) is 0 Å². The molecule has 0 aromatic carbocycles. The first-order chi connectivity index (χ1) is 5.26. The molecule has 1 heteroatoms. The number of hydrogen-bond donors (Lipinski definition) is 0. The molecule has 0 N–H and O–H groups in total. The minimum absolute atomic E-state index is 0.135. The molecule has 1 heterocycles. The van der Waals surface area contributed by atoms with E-state index in [9.17, 15) is 0 Å². The van der Waals surface area contributed by atoms with Crippen LogP contribution in [0.2, 0.25) is 0 Å². The van der Waals surface area contributed by atoms with Crippen LogP contribution in [0.4, 0.5) is 0 Å². The molecule has 2 fully saturated rings. The number of ether oxygens (including phenoxy) is 1. The second-order valence-corrected chi connectivity index (χ2v) is 3.88. The number of rotatable bonds is 1. The van der Waals surface area contributed by atoms with Crippen molar-refractivity contribution in [1.29, 1.82) is 0 Å². The van der Waals surface area contributed by atoms with Crippen LogP contribution < -0.4 is 0 Å². The van der Waals surface area contributed by atoms with Crippen molar-refractivity contribution in [3.63, 3.8) is 0 Å². The third-order valence-electron chi connectivity index (χ3n) is 3.05. The van der Waals surface area contributed by atoms with Crippen molar-refractivity contribution in [2.24, 2.45) is 0 Å². The van der Waals surface area contributed by atoms with Crippen molar-refractivity contribution < 1.29 is 4.74 Å². The molecule has 1 nitrogen and oxygen atoms in total. The zero-order chi connectivity index (χ0) is 7.90. The number of hydrogen-bond acceptors (Lipinski definition) is 1. The van der Waals surface area contributed by atoms with Crippen LogP contribution >= 0.6 is 0 Å². The van der Waals surface area contributed by atoms with E-state index in [1.54, 1.807) is 0 Å². The van der Waals surface area contributed by atoms with Crippen molar-refractivity contribution >= 4 is 0 Å². The number of fused-ring (bicyclic) bond motifs is 1. The van der Waals surface area contributed by atoms with Gasteiger partial charge in [-0.3, -0.25) is 0 Å². The summed E-state index contributed by atoms with van der Waals surface area (Å²) in [5.41, 5.74) is 1.38. The third kappa shape index (κ3) is 1.02. The molecule has 0 aromatic heterocycles. The SMILES string of the molecule is C=C(C)C12CCCCCC1O2. The molecule has 2 atom stereocenters. The molecule has 0 spiro atoms. The van der Waals surface area contributed by atoms with Gasteiger partial charge in [0.2, 0.25) is 0 Å². The molecule has 0 amide bonds. The smallest absolute Gasteiger partial charge is 0.115 e. The first-order valence-corrected chi connectivity index (χ1v) is 4.59. The Morgan fingerprint density at radius 3 is 3.00 bits per heavy atom. The zero-order valence-corrected chi connectivity index (χ0v) is 7.23. The van der Waals surface area contributed by atoms with Gasteiger partial charge < -0.3 is 4.74 Å². The van der Waals surface area contributed by atoms with E-state index in [1.807, 2.05) is 0 Å². The van der Waals surface area contributed by atoms with Crippen LogP contribution in [0.3, 0.4) is 0 Å². The van der Waals surface area contributed by atoms with E-state index in [2.05, 4.69) is 13.5 Å². The monoisotopic (exact) mass is 152 g/mol. The Balaban J connectivity index is 2.10. The van der Waals surface area contributed by atoms with Crippen LogP contribution in [-0.4, -0.2) is 11.7 Å². The predicted molar refractivity (Wildman–Crippen MR) is 45.5 cm³/mol. The van der Waals surface area contributed by atoms with Crippen LogP contribution in [-0.2, 0) is 4.74 Å². The van der Waals surface area contributed by atoms with E-state index in [4.69, 9.17) is 4.74 Å². The van der Waals surface area contributed by atoms with Gasteiger partial charge in [-0.15, -0.1) is 0 Å². The Bertz CT molecular complexity index is 185. The fourth-order valence-electron chi connectivity index (χ4n) is 2.21. The quantitative estimate of drug-likeness (QED) is 0.415. The van der Waals surface area contributed by atoms with E-state index >= 15 is 0 Å². The Morgan fingerprint density at radius 1 is 1.45 bits per heavy atom. The lowest BCUT2D eigenvalue weighted by atomic mass is 9.93. The fourth-order valence-corrected chi connectivity index (χ4v) is 2.21. The van der Waals surface area contributed by atoms with Gasteiger partial charge in [0, 0.05) is 0 Å². The highest BCUT2D eigenvalue weighted by Gasteiger charge is 2.56. The van der Waals surface area contributed by atoms with Crippen molar-refractivity contribution in [2.45, 2.75) is 50.7 Å². The summed E-state index contributed by atoms with van der Waals surface area (Å²) in [6.45, 7) is 6.11. The molecule has 2 unspecified atom stereocenters. The van der Waals surface area contributed by atoms with Crippen LogP contribution in [0, 0.1) is 0 Å². The molecule has 62 valence electrons. The Hall–Kier alpha value is -0.300. The van der Waals surface area contributed by atoms with Crippen LogP contribution in [0.1, 0.15) is 39.0 Å². The van der Waals surface area contributed by atoms with Gasteiger partial charge in [0.1, 0.15) is 5.60 Å².